The molecule has 0 saturated heterocycles. The maximum absolute atomic E-state index is 10.1. The van der Waals surface area contributed by atoms with Crippen molar-refractivity contribution < 1.29 is 17.5 Å². The van der Waals surface area contributed by atoms with Crippen molar-refractivity contribution in [3.8, 4) is 0 Å². The van der Waals surface area contributed by atoms with Crippen LogP contribution >= 0.6 is 11.6 Å². The number of alkyl halides is 1. The maximum Gasteiger partial charge on any atom is 0.0956 e. The molecule has 0 fully saturated rings. The summed E-state index contributed by atoms with van der Waals surface area (Å²) in [6, 6.07) is 0. The Labute approximate surface area is 74.9 Å². The van der Waals surface area contributed by atoms with Crippen molar-refractivity contribution >= 4 is 33.8 Å². The van der Waals surface area contributed by atoms with Gasteiger partial charge < -0.3 is 9.11 Å². The second-order valence-corrected chi connectivity index (χ2v) is 4.71. The lowest BCUT2D eigenvalue weighted by Crippen LogP contribution is -2.08. The first kappa shape index (κ1) is 11.5. The molecule has 0 heterocycles. The molecule has 0 saturated carbocycles. The summed E-state index contributed by atoms with van der Waals surface area (Å²) >= 11 is 0.870. The number of rotatable bonds is 5. The van der Waals surface area contributed by atoms with Gasteiger partial charge >= 0.3 is 0 Å². The van der Waals surface area contributed by atoms with E-state index in [1.807, 2.05) is 0 Å². The molecule has 0 aliphatic carbocycles. The first-order chi connectivity index (χ1) is 5.04. The molecular formula is C4H7ClO4S2-2. The Bertz CT molecular complexity index is 162. The van der Waals surface area contributed by atoms with Crippen molar-refractivity contribution in [2.24, 2.45) is 0 Å². The van der Waals surface area contributed by atoms with E-state index in [0.29, 0.717) is 0 Å². The fraction of sp³-hybridized carbons (Fsp3) is 1.00. The van der Waals surface area contributed by atoms with Gasteiger partial charge in [0.15, 0.2) is 0 Å². The van der Waals surface area contributed by atoms with E-state index < -0.39 is 26.9 Å². The van der Waals surface area contributed by atoms with Gasteiger partial charge in [-0.05, 0) is 23.9 Å². The Hall–Kier alpha value is 0.510. The average Bonchev–Trinajstić information content (AvgIpc) is 1.86. The molecule has 0 spiro atoms. The molecule has 3 atom stereocenters. The highest BCUT2D eigenvalue weighted by Crippen LogP contribution is 2.08. The Morgan fingerprint density at radius 3 is 2.27 bits per heavy atom. The highest BCUT2D eigenvalue weighted by Gasteiger charge is 2.02. The number of hydrogen-bond acceptors (Lipinski definition) is 4. The fourth-order valence-electron chi connectivity index (χ4n) is 0.458. The van der Waals surface area contributed by atoms with E-state index in [2.05, 4.69) is 0 Å². The Balaban J connectivity index is 3.39. The smallest absolute Gasteiger partial charge is 0.0956 e. The summed E-state index contributed by atoms with van der Waals surface area (Å²) in [6.45, 7) is 0. The van der Waals surface area contributed by atoms with Crippen molar-refractivity contribution in [2.45, 2.75) is 17.6 Å². The van der Waals surface area contributed by atoms with E-state index in [4.69, 9.17) is 11.6 Å². The molecule has 11 heavy (non-hydrogen) atoms. The van der Waals surface area contributed by atoms with Crippen molar-refractivity contribution in [3.63, 3.8) is 0 Å². The quantitative estimate of drug-likeness (QED) is 0.484. The summed E-state index contributed by atoms with van der Waals surface area (Å²) in [5.74, 6) is -0.0412. The zero-order chi connectivity index (χ0) is 8.85. The molecule has 68 valence electrons. The van der Waals surface area contributed by atoms with Crippen LogP contribution in [0.25, 0.3) is 0 Å². The van der Waals surface area contributed by atoms with Gasteiger partial charge in [0.1, 0.15) is 0 Å². The molecule has 0 aromatic rings. The van der Waals surface area contributed by atoms with Gasteiger partial charge in [0.2, 0.25) is 0 Å². The summed E-state index contributed by atoms with van der Waals surface area (Å²) < 4.78 is 39.1. The number of halogens is 1. The fourth-order valence-corrected chi connectivity index (χ4v) is 1.37. The molecule has 0 aromatic heterocycles. The van der Waals surface area contributed by atoms with E-state index in [0.717, 1.165) is 0 Å². The van der Waals surface area contributed by atoms with E-state index in [1.54, 1.807) is 0 Å². The van der Waals surface area contributed by atoms with Gasteiger partial charge in [-0.25, -0.2) is 0 Å². The Morgan fingerprint density at radius 1 is 1.36 bits per heavy atom. The molecule has 3 unspecified atom stereocenters. The summed E-state index contributed by atoms with van der Waals surface area (Å²) in [7, 11) is 0. The Morgan fingerprint density at radius 2 is 1.91 bits per heavy atom. The molecule has 0 rings (SSSR count). The van der Waals surface area contributed by atoms with Crippen LogP contribution in [0.5, 0.6) is 0 Å². The second-order valence-electron chi connectivity index (χ2n) is 1.82. The third-order valence-electron chi connectivity index (χ3n) is 0.951. The van der Waals surface area contributed by atoms with Crippen LogP contribution in [-0.4, -0.2) is 28.0 Å². The van der Waals surface area contributed by atoms with E-state index >= 15 is 0 Å². The van der Waals surface area contributed by atoms with Crippen molar-refractivity contribution in [1.82, 2.24) is 0 Å². The summed E-state index contributed by atoms with van der Waals surface area (Å²) in [5.41, 5.74) is 0. The highest BCUT2D eigenvalue weighted by molar-refractivity contribution is 7.81. The lowest BCUT2D eigenvalue weighted by Gasteiger charge is -2.12. The monoisotopic (exact) mass is 218 g/mol. The summed E-state index contributed by atoms with van der Waals surface area (Å²) in [4.78, 5) is 0. The minimum atomic E-state index is -2.31. The first-order valence-electron chi connectivity index (χ1n) is 2.82. The lowest BCUT2D eigenvalue weighted by atomic mass is 10.4. The van der Waals surface area contributed by atoms with E-state index in [9.17, 15) is 17.5 Å². The minimum Gasteiger partial charge on any atom is -0.772 e. The van der Waals surface area contributed by atoms with Crippen LogP contribution in [0.15, 0.2) is 0 Å². The zero-order valence-electron chi connectivity index (χ0n) is 5.53. The van der Waals surface area contributed by atoms with Crippen molar-refractivity contribution in [1.29, 1.82) is 0 Å². The lowest BCUT2D eigenvalue weighted by molar-refractivity contribution is 0.524. The molecular weight excluding hydrogens is 212 g/mol. The molecule has 0 aliphatic heterocycles. The molecule has 0 amide bonds. The van der Waals surface area contributed by atoms with Crippen LogP contribution in [0.3, 0.4) is 0 Å². The van der Waals surface area contributed by atoms with Crippen molar-refractivity contribution in [3.05, 3.63) is 0 Å². The standard InChI is InChI=1S/C4H9ClO4S2/c5-4(11(8)9)2-1-3-10(6)7/h4H,1-3H2,(H,6,7)(H,8,9)/p-2. The van der Waals surface area contributed by atoms with Crippen LogP contribution in [0.2, 0.25) is 0 Å². The largest absolute Gasteiger partial charge is 0.772 e. The van der Waals surface area contributed by atoms with Crippen LogP contribution in [0, 0.1) is 0 Å². The topological polar surface area (TPSA) is 80.3 Å². The SMILES string of the molecule is O=S([O-])CCCC(Cl)S(=O)[O-]. The van der Waals surface area contributed by atoms with E-state index in [1.165, 1.54) is 0 Å². The van der Waals surface area contributed by atoms with Gasteiger partial charge in [0, 0.05) is 5.75 Å². The zero-order valence-corrected chi connectivity index (χ0v) is 7.92. The van der Waals surface area contributed by atoms with Gasteiger partial charge in [-0.15, -0.1) is 11.6 Å². The van der Waals surface area contributed by atoms with Gasteiger partial charge in [0.25, 0.3) is 0 Å². The third-order valence-corrected chi connectivity index (χ3v) is 2.88. The number of hydrogen-bond donors (Lipinski definition) is 0. The van der Waals surface area contributed by atoms with E-state index in [-0.39, 0.29) is 18.6 Å². The minimum absolute atomic E-state index is 0.0412. The van der Waals surface area contributed by atoms with Gasteiger partial charge in [0.05, 0.1) is 4.71 Å². The molecule has 4 nitrogen and oxygen atoms in total. The Kier molecular flexibility index (Phi) is 6.36. The van der Waals surface area contributed by atoms with Gasteiger partial charge in [-0.3, -0.25) is 8.42 Å². The molecule has 0 bridgehead atoms. The highest BCUT2D eigenvalue weighted by atomic mass is 35.5. The maximum atomic E-state index is 10.1. The third kappa shape index (κ3) is 6.89. The van der Waals surface area contributed by atoms with Gasteiger partial charge in [-0.1, -0.05) is 11.1 Å². The second kappa shape index (κ2) is 6.07. The average molecular weight is 219 g/mol. The predicted molar refractivity (Wildman–Crippen MR) is 41.6 cm³/mol. The van der Waals surface area contributed by atoms with Crippen LogP contribution in [-0.2, 0) is 22.2 Å². The molecule has 7 heteroatoms. The first-order valence-corrected chi connectivity index (χ1v) is 5.64. The van der Waals surface area contributed by atoms with Crippen LogP contribution < -0.4 is 0 Å². The molecule has 0 aromatic carbocycles. The van der Waals surface area contributed by atoms with Gasteiger partial charge in [-0.2, -0.15) is 0 Å². The summed E-state index contributed by atoms with van der Waals surface area (Å²) in [6.07, 6.45) is 0.448. The molecule has 0 N–H and O–H groups in total. The van der Waals surface area contributed by atoms with Crippen LogP contribution in [0.1, 0.15) is 12.8 Å². The predicted octanol–water partition coefficient (Wildman–Crippen LogP) is 0.0897. The summed E-state index contributed by atoms with van der Waals surface area (Å²) in [5, 5.41) is 0. The van der Waals surface area contributed by atoms with Crippen LogP contribution in [0.4, 0.5) is 0 Å². The molecule has 0 radical (unpaired) electrons. The molecule has 0 aliphatic rings. The van der Waals surface area contributed by atoms with Crippen molar-refractivity contribution in [2.75, 3.05) is 5.75 Å². The normalized spacial score (nSPS) is 19.2.